The number of amides is 1. The average molecular weight is 432 g/mol. The minimum absolute atomic E-state index is 0.0183. The largest absolute Gasteiger partial charge is 0.352 e. The van der Waals surface area contributed by atoms with Gasteiger partial charge in [0.15, 0.2) is 0 Å². The van der Waals surface area contributed by atoms with Crippen LogP contribution in [0.5, 0.6) is 0 Å². The molecule has 1 amide bonds. The van der Waals surface area contributed by atoms with Crippen LogP contribution in [0.25, 0.3) is 22.2 Å². The molecule has 164 valence electrons. The van der Waals surface area contributed by atoms with Crippen LogP contribution in [0.2, 0.25) is 0 Å². The highest BCUT2D eigenvalue weighted by Crippen LogP contribution is 2.27. The minimum atomic E-state index is -0.326. The lowest BCUT2D eigenvalue weighted by atomic mass is 10.1. The number of nitrogens with one attached hydrogen (secondary N) is 1. The van der Waals surface area contributed by atoms with E-state index in [0.717, 1.165) is 24.0 Å². The van der Waals surface area contributed by atoms with Gasteiger partial charge in [-0.1, -0.05) is 42.5 Å². The molecule has 1 N–H and O–H groups in total. The number of hydrogen-bond acceptors (Lipinski definition) is 3. The first-order valence-electron chi connectivity index (χ1n) is 10.6. The summed E-state index contributed by atoms with van der Waals surface area (Å²) in [6.45, 7) is 1.85. The quantitative estimate of drug-likeness (QED) is 0.484. The Morgan fingerprint density at radius 2 is 1.84 bits per heavy atom. The number of rotatable bonds is 7. The van der Waals surface area contributed by atoms with Gasteiger partial charge in [0.1, 0.15) is 23.4 Å². The van der Waals surface area contributed by atoms with Crippen molar-refractivity contribution < 1.29 is 9.18 Å². The van der Waals surface area contributed by atoms with E-state index < -0.39 is 0 Å². The Kier molecular flexibility index (Phi) is 6.16. The molecule has 0 aliphatic heterocycles. The van der Waals surface area contributed by atoms with Crippen molar-refractivity contribution in [1.29, 1.82) is 0 Å². The zero-order chi connectivity index (χ0) is 22.7. The number of carbonyl (C=O) groups excluding carboxylic acids is 1. The Hall–Kier alpha value is -3.74. The fourth-order valence-corrected chi connectivity index (χ4v) is 3.84. The van der Waals surface area contributed by atoms with Crippen LogP contribution >= 0.6 is 0 Å². The second kappa shape index (κ2) is 9.18. The maximum absolute atomic E-state index is 13.3. The smallest absolute Gasteiger partial charge is 0.278 e. The number of aryl methyl sites for hydroxylation is 2. The molecule has 0 unspecified atom stereocenters. The summed E-state index contributed by atoms with van der Waals surface area (Å²) in [4.78, 5) is 30.0. The highest BCUT2D eigenvalue weighted by molar-refractivity contribution is 5.92. The van der Waals surface area contributed by atoms with Gasteiger partial charge in [0, 0.05) is 24.8 Å². The van der Waals surface area contributed by atoms with Gasteiger partial charge in [-0.15, -0.1) is 0 Å². The van der Waals surface area contributed by atoms with Gasteiger partial charge in [-0.2, -0.15) is 0 Å². The standard InChI is InChI=1S/C25H25FN4O2/c1-17(8-9-18-6-4-3-5-7-18)28-22(31)15-30-16-27-23-21(14-29(2)24(23)25(30)32)19-10-12-20(26)13-11-19/h3-7,10-14,16-17H,8-9,15H2,1-2H3,(H,28,31)/t17-/m0/s1. The van der Waals surface area contributed by atoms with Crippen molar-refractivity contribution in [3.63, 3.8) is 0 Å². The Balaban J connectivity index is 1.48. The first-order valence-corrected chi connectivity index (χ1v) is 10.6. The van der Waals surface area contributed by atoms with Crippen molar-refractivity contribution in [2.75, 3.05) is 0 Å². The van der Waals surface area contributed by atoms with E-state index in [-0.39, 0.29) is 29.9 Å². The normalized spacial score (nSPS) is 12.1. The molecule has 0 saturated heterocycles. The third kappa shape index (κ3) is 4.61. The van der Waals surface area contributed by atoms with Gasteiger partial charge in [-0.3, -0.25) is 14.2 Å². The Bertz CT molecular complexity index is 1290. The van der Waals surface area contributed by atoms with Gasteiger partial charge in [-0.05, 0) is 43.0 Å². The highest BCUT2D eigenvalue weighted by Gasteiger charge is 2.16. The highest BCUT2D eigenvalue weighted by atomic mass is 19.1. The molecule has 2 aromatic carbocycles. The molecule has 0 fully saturated rings. The molecular weight excluding hydrogens is 407 g/mol. The van der Waals surface area contributed by atoms with Crippen LogP contribution in [0.3, 0.4) is 0 Å². The molecule has 2 heterocycles. The monoisotopic (exact) mass is 432 g/mol. The summed E-state index contributed by atoms with van der Waals surface area (Å²) in [5.74, 6) is -0.560. The van der Waals surface area contributed by atoms with Crippen LogP contribution in [0.15, 0.2) is 71.9 Å². The number of fused-ring (bicyclic) bond motifs is 1. The lowest BCUT2D eigenvalue weighted by Crippen LogP contribution is -2.37. The van der Waals surface area contributed by atoms with Crippen molar-refractivity contribution in [2.24, 2.45) is 7.05 Å². The van der Waals surface area contributed by atoms with Gasteiger partial charge in [0.05, 0.1) is 6.33 Å². The number of hydrogen-bond donors (Lipinski definition) is 1. The van der Waals surface area contributed by atoms with Crippen LogP contribution in [-0.4, -0.2) is 26.1 Å². The summed E-state index contributed by atoms with van der Waals surface area (Å²) >= 11 is 0. The summed E-state index contributed by atoms with van der Waals surface area (Å²) in [6.07, 6.45) is 4.86. The Morgan fingerprint density at radius 1 is 1.12 bits per heavy atom. The molecule has 0 aliphatic rings. The van der Waals surface area contributed by atoms with Crippen LogP contribution in [0.4, 0.5) is 4.39 Å². The summed E-state index contributed by atoms with van der Waals surface area (Å²) in [5.41, 5.74) is 3.37. The van der Waals surface area contributed by atoms with Crippen molar-refractivity contribution in [2.45, 2.75) is 32.4 Å². The van der Waals surface area contributed by atoms with E-state index in [4.69, 9.17) is 0 Å². The molecule has 0 saturated carbocycles. The third-order valence-electron chi connectivity index (χ3n) is 5.53. The van der Waals surface area contributed by atoms with Crippen molar-refractivity contribution in [3.8, 4) is 11.1 Å². The van der Waals surface area contributed by atoms with Gasteiger partial charge in [0.25, 0.3) is 5.56 Å². The number of halogens is 1. The van der Waals surface area contributed by atoms with E-state index in [1.165, 1.54) is 28.6 Å². The summed E-state index contributed by atoms with van der Waals surface area (Å²) in [7, 11) is 1.76. The van der Waals surface area contributed by atoms with Crippen LogP contribution < -0.4 is 10.9 Å². The van der Waals surface area contributed by atoms with E-state index in [1.807, 2.05) is 25.1 Å². The molecule has 2 aromatic heterocycles. The summed E-state index contributed by atoms with van der Waals surface area (Å²) in [5, 5.41) is 2.96. The molecule has 32 heavy (non-hydrogen) atoms. The SMILES string of the molecule is C[C@@H](CCc1ccccc1)NC(=O)Cn1cnc2c(-c3ccc(F)cc3)cn(C)c2c1=O. The zero-order valence-corrected chi connectivity index (χ0v) is 18.1. The molecule has 0 radical (unpaired) electrons. The second-order valence-electron chi connectivity index (χ2n) is 8.03. The fraction of sp³-hybridized carbons (Fsp3) is 0.240. The number of carbonyl (C=O) groups is 1. The van der Waals surface area contributed by atoms with Crippen LogP contribution in [-0.2, 0) is 24.8 Å². The van der Waals surface area contributed by atoms with E-state index in [0.29, 0.717) is 11.0 Å². The maximum atomic E-state index is 13.3. The lowest BCUT2D eigenvalue weighted by Gasteiger charge is -2.14. The molecule has 4 rings (SSSR count). The fourth-order valence-electron chi connectivity index (χ4n) is 3.84. The zero-order valence-electron chi connectivity index (χ0n) is 18.1. The second-order valence-corrected chi connectivity index (χ2v) is 8.03. The van der Waals surface area contributed by atoms with E-state index in [1.54, 1.807) is 29.9 Å². The minimum Gasteiger partial charge on any atom is -0.352 e. The summed E-state index contributed by atoms with van der Waals surface area (Å²) < 4.78 is 16.3. The van der Waals surface area contributed by atoms with E-state index in [2.05, 4.69) is 22.4 Å². The van der Waals surface area contributed by atoms with E-state index in [9.17, 15) is 14.0 Å². The van der Waals surface area contributed by atoms with Gasteiger partial charge in [-0.25, -0.2) is 9.37 Å². The number of benzene rings is 2. The van der Waals surface area contributed by atoms with Crippen LogP contribution in [0, 0.1) is 5.82 Å². The topological polar surface area (TPSA) is 68.9 Å². The molecule has 4 aromatic rings. The predicted molar refractivity (Wildman–Crippen MR) is 123 cm³/mol. The van der Waals surface area contributed by atoms with Gasteiger partial charge < -0.3 is 9.88 Å². The molecule has 0 aliphatic carbocycles. The molecule has 7 heteroatoms. The van der Waals surface area contributed by atoms with Crippen molar-refractivity contribution >= 4 is 16.9 Å². The third-order valence-corrected chi connectivity index (χ3v) is 5.53. The number of nitrogens with zero attached hydrogens (tertiary/aromatic N) is 3. The molecule has 1 atom stereocenters. The summed E-state index contributed by atoms with van der Waals surface area (Å²) in [6, 6.07) is 16.1. The van der Waals surface area contributed by atoms with Gasteiger partial charge in [0.2, 0.25) is 5.91 Å². The molecule has 6 nitrogen and oxygen atoms in total. The average Bonchev–Trinajstić information content (AvgIpc) is 3.12. The van der Waals surface area contributed by atoms with Gasteiger partial charge >= 0.3 is 0 Å². The Labute approximate surface area is 185 Å². The lowest BCUT2D eigenvalue weighted by molar-refractivity contribution is -0.122. The van der Waals surface area contributed by atoms with Crippen molar-refractivity contribution in [1.82, 2.24) is 19.4 Å². The number of aromatic nitrogens is 3. The van der Waals surface area contributed by atoms with E-state index >= 15 is 0 Å². The molecule has 0 spiro atoms. The first kappa shape index (κ1) is 21.5. The van der Waals surface area contributed by atoms with Crippen LogP contribution in [0.1, 0.15) is 18.9 Å². The molecular formula is C25H25FN4O2. The molecule has 0 bridgehead atoms. The maximum Gasteiger partial charge on any atom is 0.278 e. The Morgan fingerprint density at radius 3 is 2.56 bits per heavy atom. The predicted octanol–water partition coefficient (Wildman–Crippen LogP) is 3.68. The van der Waals surface area contributed by atoms with Crippen molar-refractivity contribution in [3.05, 3.63) is 88.9 Å². The first-order chi connectivity index (χ1) is 15.4.